The molecular weight excluding hydrogens is 474 g/mol. The Morgan fingerprint density at radius 3 is 2.60 bits per heavy atom. The standard InChI is InChI=1S/C21H27F4N7O3/c1-4-20(2,3)19-26-18(29-35-19)17(34)13-7-12(22)9-32(13)16(33)11-30-5-6-31-14(8-21(23,24)25)27-28-15(31)10-30/h12-13H,4-11H2,1-3H3/t12-,13?/m0/s1. The lowest BCUT2D eigenvalue weighted by atomic mass is 9.90. The van der Waals surface area contributed by atoms with Crippen molar-refractivity contribution in [2.75, 3.05) is 19.6 Å². The number of nitrogens with zero attached hydrogens (tertiary/aromatic N) is 7. The van der Waals surface area contributed by atoms with E-state index in [0.29, 0.717) is 18.1 Å². The molecule has 2 aliphatic rings. The molecule has 4 heterocycles. The first kappa shape index (κ1) is 25.2. The van der Waals surface area contributed by atoms with Gasteiger partial charge >= 0.3 is 6.18 Å². The first-order valence-corrected chi connectivity index (χ1v) is 11.4. The van der Waals surface area contributed by atoms with Gasteiger partial charge in [-0.1, -0.05) is 25.9 Å². The number of fused-ring (bicyclic) bond motifs is 1. The summed E-state index contributed by atoms with van der Waals surface area (Å²) in [5.74, 6) is -0.812. The Hall–Kier alpha value is -2.90. The lowest BCUT2D eigenvalue weighted by molar-refractivity contribution is -0.133. The molecule has 1 saturated heterocycles. The Labute approximate surface area is 198 Å². The van der Waals surface area contributed by atoms with Gasteiger partial charge in [0.25, 0.3) is 0 Å². The number of likely N-dealkylation sites (tertiary alicyclic amines) is 1. The highest BCUT2D eigenvalue weighted by Gasteiger charge is 2.42. The average molecular weight is 501 g/mol. The van der Waals surface area contributed by atoms with Gasteiger partial charge in [0.2, 0.25) is 23.4 Å². The van der Waals surface area contributed by atoms with Crippen LogP contribution in [0.5, 0.6) is 0 Å². The Kier molecular flexibility index (Phi) is 6.68. The van der Waals surface area contributed by atoms with Gasteiger partial charge in [-0.05, 0) is 6.42 Å². The highest BCUT2D eigenvalue weighted by atomic mass is 19.4. The van der Waals surface area contributed by atoms with Crippen LogP contribution >= 0.6 is 0 Å². The van der Waals surface area contributed by atoms with Crippen molar-refractivity contribution >= 4 is 11.7 Å². The average Bonchev–Trinajstić information content (AvgIpc) is 3.51. The number of carbonyl (C=O) groups is 2. The summed E-state index contributed by atoms with van der Waals surface area (Å²) in [6.07, 6.45) is -6.42. The zero-order valence-electron chi connectivity index (χ0n) is 19.7. The second-order valence-electron chi connectivity index (χ2n) is 9.61. The van der Waals surface area contributed by atoms with Crippen LogP contribution in [-0.4, -0.2) is 84.4 Å². The third-order valence-electron chi connectivity index (χ3n) is 6.61. The third-order valence-corrected chi connectivity index (χ3v) is 6.61. The lowest BCUT2D eigenvalue weighted by Gasteiger charge is -2.30. The van der Waals surface area contributed by atoms with Crippen LogP contribution in [0, 0.1) is 0 Å². The molecule has 0 N–H and O–H groups in total. The SMILES string of the molecule is CCC(C)(C)c1nc(C(=O)C2C[C@H](F)CN2C(=O)CN2CCn3c(nnc3CC(F)(F)F)C2)no1. The molecule has 1 unspecified atom stereocenters. The Bertz CT molecular complexity index is 1100. The van der Waals surface area contributed by atoms with E-state index in [9.17, 15) is 27.2 Å². The van der Waals surface area contributed by atoms with Crippen molar-refractivity contribution in [3.63, 3.8) is 0 Å². The highest BCUT2D eigenvalue weighted by Crippen LogP contribution is 2.28. The van der Waals surface area contributed by atoms with Crippen LogP contribution in [0.25, 0.3) is 0 Å². The fraction of sp³-hybridized carbons (Fsp3) is 0.714. The van der Waals surface area contributed by atoms with E-state index in [1.54, 1.807) is 4.90 Å². The van der Waals surface area contributed by atoms with E-state index in [2.05, 4.69) is 20.3 Å². The minimum absolute atomic E-state index is 0.113. The quantitative estimate of drug-likeness (QED) is 0.419. The molecule has 2 aromatic heterocycles. The number of hydrogen-bond acceptors (Lipinski definition) is 8. The van der Waals surface area contributed by atoms with Crippen molar-refractivity contribution in [3.8, 4) is 0 Å². The van der Waals surface area contributed by atoms with Gasteiger partial charge in [0.05, 0.1) is 19.6 Å². The number of amides is 1. The van der Waals surface area contributed by atoms with Gasteiger partial charge in [0.15, 0.2) is 0 Å². The van der Waals surface area contributed by atoms with Crippen molar-refractivity contribution < 1.29 is 31.7 Å². The fourth-order valence-electron chi connectivity index (χ4n) is 4.20. The Morgan fingerprint density at radius 1 is 1.17 bits per heavy atom. The molecule has 192 valence electrons. The topological polar surface area (TPSA) is 110 Å². The van der Waals surface area contributed by atoms with Crippen molar-refractivity contribution in [2.45, 2.75) is 76.9 Å². The maximum atomic E-state index is 14.3. The van der Waals surface area contributed by atoms with Gasteiger partial charge in [-0.25, -0.2) is 4.39 Å². The molecular formula is C21H27F4N7O3. The second kappa shape index (κ2) is 9.28. The summed E-state index contributed by atoms with van der Waals surface area (Å²) >= 11 is 0. The number of halogens is 4. The number of hydrogen-bond donors (Lipinski definition) is 0. The van der Waals surface area contributed by atoms with Gasteiger partial charge in [-0.3, -0.25) is 14.5 Å². The molecule has 0 bridgehead atoms. The maximum Gasteiger partial charge on any atom is 0.396 e. The van der Waals surface area contributed by atoms with Gasteiger partial charge in [-0.2, -0.15) is 18.2 Å². The van der Waals surface area contributed by atoms with Crippen LogP contribution in [0.3, 0.4) is 0 Å². The van der Waals surface area contributed by atoms with Crippen LogP contribution < -0.4 is 0 Å². The summed E-state index contributed by atoms with van der Waals surface area (Å²) in [6.45, 7) is 5.94. The number of carbonyl (C=O) groups excluding carboxylic acids is 2. The molecule has 2 aromatic rings. The van der Waals surface area contributed by atoms with E-state index in [0.717, 1.165) is 0 Å². The number of ketones is 1. The molecule has 2 atom stereocenters. The van der Waals surface area contributed by atoms with Gasteiger partial charge in [0, 0.05) is 24.9 Å². The lowest BCUT2D eigenvalue weighted by Crippen LogP contribution is -2.47. The predicted molar refractivity (Wildman–Crippen MR) is 112 cm³/mol. The number of aromatic nitrogens is 5. The maximum absolute atomic E-state index is 14.3. The smallest absolute Gasteiger partial charge is 0.338 e. The number of Topliss-reactive ketones (excluding diaryl/α,β-unsaturated/α-hetero) is 1. The van der Waals surface area contributed by atoms with Gasteiger partial charge in [-0.15, -0.1) is 10.2 Å². The van der Waals surface area contributed by atoms with E-state index in [4.69, 9.17) is 4.52 Å². The minimum Gasteiger partial charge on any atom is -0.338 e. The second-order valence-corrected chi connectivity index (χ2v) is 9.61. The number of alkyl halides is 4. The molecule has 0 spiro atoms. The van der Waals surface area contributed by atoms with Gasteiger partial charge in [0.1, 0.15) is 30.3 Å². The highest BCUT2D eigenvalue weighted by molar-refractivity contribution is 5.99. The van der Waals surface area contributed by atoms with Crippen LogP contribution in [0.1, 0.15) is 61.8 Å². The van der Waals surface area contributed by atoms with E-state index >= 15 is 0 Å². The predicted octanol–water partition coefficient (Wildman–Crippen LogP) is 2.09. The van der Waals surface area contributed by atoms with E-state index in [1.807, 2.05) is 20.8 Å². The van der Waals surface area contributed by atoms with Crippen LogP contribution in [0.4, 0.5) is 17.6 Å². The molecule has 2 aliphatic heterocycles. The van der Waals surface area contributed by atoms with E-state index in [-0.39, 0.29) is 50.8 Å². The summed E-state index contributed by atoms with van der Waals surface area (Å²) < 4.78 is 59.1. The monoisotopic (exact) mass is 501 g/mol. The summed E-state index contributed by atoms with van der Waals surface area (Å²) in [6, 6.07) is -1.06. The van der Waals surface area contributed by atoms with Crippen molar-refractivity contribution in [2.24, 2.45) is 0 Å². The molecule has 0 saturated carbocycles. The summed E-state index contributed by atoms with van der Waals surface area (Å²) in [7, 11) is 0. The summed E-state index contributed by atoms with van der Waals surface area (Å²) in [5.41, 5.74) is -0.436. The summed E-state index contributed by atoms with van der Waals surface area (Å²) in [5, 5.41) is 11.2. The third kappa shape index (κ3) is 5.36. The zero-order valence-corrected chi connectivity index (χ0v) is 19.7. The molecule has 0 radical (unpaired) electrons. The molecule has 14 heteroatoms. The Balaban J connectivity index is 1.42. The normalized spacial score (nSPS) is 21.4. The molecule has 0 aliphatic carbocycles. The van der Waals surface area contributed by atoms with E-state index < -0.39 is 41.9 Å². The number of rotatable bonds is 7. The van der Waals surface area contributed by atoms with E-state index in [1.165, 1.54) is 9.47 Å². The van der Waals surface area contributed by atoms with Crippen LogP contribution in [0.15, 0.2) is 4.52 Å². The molecule has 1 amide bonds. The van der Waals surface area contributed by atoms with Crippen LogP contribution in [-0.2, 0) is 29.7 Å². The van der Waals surface area contributed by atoms with Crippen LogP contribution in [0.2, 0.25) is 0 Å². The first-order chi connectivity index (χ1) is 16.4. The molecule has 10 nitrogen and oxygen atoms in total. The first-order valence-electron chi connectivity index (χ1n) is 11.4. The molecule has 4 rings (SSSR count). The molecule has 35 heavy (non-hydrogen) atoms. The largest absolute Gasteiger partial charge is 0.396 e. The zero-order chi connectivity index (χ0) is 25.5. The Morgan fingerprint density at radius 2 is 1.91 bits per heavy atom. The fourth-order valence-corrected chi connectivity index (χ4v) is 4.20. The molecule has 1 fully saturated rings. The van der Waals surface area contributed by atoms with Gasteiger partial charge < -0.3 is 14.0 Å². The van der Waals surface area contributed by atoms with Crippen molar-refractivity contribution in [1.29, 1.82) is 0 Å². The minimum atomic E-state index is -4.40. The van der Waals surface area contributed by atoms with Crippen molar-refractivity contribution in [1.82, 2.24) is 34.7 Å². The molecule has 0 aromatic carbocycles. The summed E-state index contributed by atoms with van der Waals surface area (Å²) in [4.78, 5) is 33.1. The van der Waals surface area contributed by atoms with Crippen molar-refractivity contribution in [3.05, 3.63) is 23.4 Å².